The van der Waals surface area contributed by atoms with E-state index in [1.165, 1.54) is 17.7 Å². The normalized spacial score (nSPS) is 10.9. The third kappa shape index (κ3) is 4.72. The maximum Gasteiger partial charge on any atom is 0.182 e. The molecule has 1 aromatic carbocycles. The Hall–Kier alpha value is -1.59. The Labute approximate surface area is 131 Å². The fourth-order valence-electron chi connectivity index (χ4n) is 1.96. The number of carbonyl (C=O) groups excluding carboxylic acids is 1. The lowest BCUT2D eigenvalue weighted by molar-refractivity contribution is 0.0963. The van der Waals surface area contributed by atoms with E-state index in [0.717, 1.165) is 17.2 Å². The van der Waals surface area contributed by atoms with Gasteiger partial charge in [-0.1, -0.05) is 34.1 Å². The molecular formula is C16H16BrFN2O. The smallest absolute Gasteiger partial charge is 0.182 e. The van der Waals surface area contributed by atoms with E-state index < -0.39 is 5.82 Å². The average molecular weight is 351 g/mol. The van der Waals surface area contributed by atoms with Crippen LogP contribution in [0.25, 0.3) is 0 Å². The van der Waals surface area contributed by atoms with Gasteiger partial charge in [0.25, 0.3) is 0 Å². The fraction of sp³-hybridized carbons (Fsp3) is 0.250. The molecule has 110 valence electrons. The third-order valence-corrected chi connectivity index (χ3v) is 3.91. The molecular weight excluding hydrogens is 335 g/mol. The number of rotatable bonds is 6. The van der Waals surface area contributed by atoms with Crippen LogP contribution in [0.5, 0.6) is 0 Å². The first-order valence-electron chi connectivity index (χ1n) is 6.63. The summed E-state index contributed by atoms with van der Waals surface area (Å²) in [5.41, 5.74) is 1.48. The van der Waals surface area contributed by atoms with Crippen LogP contribution < -0.4 is 0 Å². The molecule has 1 aromatic heterocycles. The highest BCUT2D eigenvalue weighted by Gasteiger charge is 2.10. The predicted molar refractivity (Wildman–Crippen MR) is 83.6 cm³/mol. The number of halogens is 2. The molecule has 0 unspecified atom stereocenters. The summed E-state index contributed by atoms with van der Waals surface area (Å²) in [6.45, 7) is 1.38. The van der Waals surface area contributed by atoms with Crippen molar-refractivity contribution in [3.63, 3.8) is 0 Å². The maximum absolute atomic E-state index is 12.8. The van der Waals surface area contributed by atoms with Gasteiger partial charge in [0.1, 0.15) is 11.5 Å². The topological polar surface area (TPSA) is 33.2 Å². The predicted octanol–water partition coefficient (Wildman–Crippen LogP) is 3.69. The second-order valence-corrected chi connectivity index (χ2v) is 5.72. The van der Waals surface area contributed by atoms with Crippen molar-refractivity contribution < 1.29 is 9.18 Å². The van der Waals surface area contributed by atoms with Gasteiger partial charge < -0.3 is 4.90 Å². The summed E-state index contributed by atoms with van der Waals surface area (Å²) in [4.78, 5) is 17.8. The van der Waals surface area contributed by atoms with E-state index in [2.05, 4.69) is 25.8 Å². The summed E-state index contributed by atoms with van der Waals surface area (Å²) in [6.07, 6.45) is 1.43. The minimum Gasteiger partial charge on any atom is -0.302 e. The Bertz CT molecular complexity index is 616. The Morgan fingerprint density at radius 2 is 2.05 bits per heavy atom. The van der Waals surface area contributed by atoms with Crippen LogP contribution >= 0.6 is 15.9 Å². The minimum absolute atomic E-state index is 0.0750. The Balaban J connectivity index is 1.86. The zero-order valence-electron chi connectivity index (χ0n) is 11.7. The number of Topliss-reactive ketones (excluding diaryl/α,β-unsaturated/α-hetero) is 1. The van der Waals surface area contributed by atoms with Crippen molar-refractivity contribution in [1.82, 2.24) is 9.88 Å². The molecule has 0 N–H and O–H groups in total. The fourth-order valence-corrected chi connectivity index (χ4v) is 2.37. The van der Waals surface area contributed by atoms with Crippen LogP contribution in [-0.2, 0) is 6.54 Å². The lowest BCUT2D eigenvalue weighted by Crippen LogP contribution is -2.22. The molecule has 0 radical (unpaired) electrons. The molecule has 21 heavy (non-hydrogen) atoms. The van der Waals surface area contributed by atoms with E-state index >= 15 is 0 Å². The van der Waals surface area contributed by atoms with E-state index in [4.69, 9.17) is 0 Å². The van der Waals surface area contributed by atoms with Crippen molar-refractivity contribution in [2.24, 2.45) is 0 Å². The first-order valence-corrected chi connectivity index (χ1v) is 7.42. The van der Waals surface area contributed by atoms with Gasteiger partial charge in [0, 0.05) is 24.0 Å². The molecule has 0 aliphatic carbocycles. The number of benzene rings is 1. The van der Waals surface area contributed by atoms with Crippen molar-refractivity contribution in [1.29, 1.82) is 0 Å². The van der Waals surface area contributed by atoms with Gasteiger partial charge in [-0.2, -0.15) is 0 Å². The largest absolute Gasteiger partial charge is 0.302 e. The first kappa shape index (κ1) is 15.8. The third-order valence-electron chi connectivity index (χ3n) is 3.13. The van der Waals surface area contributed by atoms with Gasteiger partial charge >= 0.3 is 0 Å². The van der Waals surface area contributed by atoms with Gasteiger partial charge in [0.15, 0.2) is 5.78 Å². The summed E-state index contributed by atoms with van der Waals surface area (Å²) >= 11 is 3.51. The van der Waals surface area contributed by atoms with E-state index in [0.29, 0.717) is 18.7 Å². The second-order valence-electron chi connectivity index (χ2n) is 4.86. The summed E-state index contributed by atoms with van der Waals surface area (Å²) in [7, 11) is 1.96. The molecule has 2 aromatic rings. The number of hydrogen-bond acceptors (Lipinski definition) is 3. The molecule has 1 heterocycles. The number of ketones is 1. The van der Waals surface area contributed by atoms with Gasteiger partial charge in [0.2, 0.25) is 0 Å². The molecule has 0 aliphatic heterocycles. The highest BCUT2D eigenvalue weighted by Crippen LogP contribution is 2.17. The van der Waals surface area contributed by atoms with E-state index in [1.54, 1.807) is 0 Å². The molecule has 3 nitrogen and oxygen atoms in total. The molecule has 0 saturated carbocycles. The summed E-state index contributed by atoms with van der Waals surface area (Å²) < 4.78 is 13.8. The SMILES string of the molecule is CN(CCC(=O)c1ccc(F)cn1)Cc1ccccc1Br. The van der Waals surface area contributed by atoms with Gasteiger partial charge in [-0.05, 0) is 30.8 Å². The van der Waals surface area contributed by atoms with Crippen LogP contribution in [-0.4, -0.2) is 29.3 Å². The van der Waals surface area contributed by atoms with Crippen molar-refractivity contribution in [2.45, 2.75) is 13.0 Å². The molecule has 0 bridgehead atoms. The van der Waals surface area contributed by atoms with E-state index in [9.17, 15) is 9.18 Å². The maximum atomic E-state index is 12.8. The summed E-state index contributed by atoms with van der Waals surface area (Å²) in [5.74, 6) is -0.508. The van der Waals surface area contributed by atoms with Gasteiger partial charge in [0.05, 0.1) is 6.20 Å². The van der Waals surface area contributed by atoms with Crippen molar-refractivity contribution >= 4 is 21.7 Å². The van der Waals surface area contributed by atoms with E-state index in [1.807, 2.05) is 31.3 Å². The second kappa shape index (κ2) is 7.43. The Morgan fingerprint density at radius 1 is 1.29 bits per heavy atom. The number of hydrogen-bond donors (Lipinski definition) is 0. The Morgan fingerprint density at radius 3 is 2.71 bits per heavy atom. The lowest BCUT2D eigenvalue weighted by atomic mass is 10.1. The molecule has 0 atom stereocenters. The zero-order valence-corrected chi connectivity index (χ0v) is 13.3. The lowest BCUT2D eigenvalue weighted by Gasteiger charge is -2.17. The number of carbonyl (C=O) groups is 1. The van der Waals surface area contributed by atoms with Gasteiger partial charge in [-0.3, -0.25) is 9.78 Å². The molecule has 0 spiro atoms. The zero-order chi connectivity index (χ0) is 15.2. The van der Waals surface area contributed by atoms with Gasteiger partial charge in [-0.15, -0.1) is 0 Å². The monoisotopic (exact) mass is 350 g/mol. The number of pyridine rings is 1. The van der Waals surface area contributed by atoms with Crippen LogP contribution in [0.1, 0.15) is 22.5 Å². The molecule has 0 fully saturated rings. The molecule has 0 saturated heterocycles. The van der Waals surface area contributed by atoms with Crippen molar-refractivity contribution in [3.8, 4) is 0 Å². The Kier molecular flexibility index (Phi) is 5.59. The van der Waals surface area contributed by atoms with Crippen LogP contribution in [0.15, 0.2) is 47.1 Å². The average Bonchev–Trinajstić information content (AvgIpc) is 2.48. The summed E-state index contributed by atoms with van der Waals surface area (Å²) in [5, 5.41) is 0. The molecule has 5 heteroatoms. The highest BCUT2D eigenvalue weighted by molar-refractivity contribution is 9.10. The first-order chi connectivity index (χ1) is 10.1. The van der Waals surface area contributed by atoms with Crippen LogP contribution in [0.4, 0.5) is 4.39 Å². The van der Waals surface area contributed by atoms with Crippen LogP contribution in [0, 0.1) is 5.82 Å². The van der Waals surface area contributed by atoms with Crippen LogP contribution in [0.3, 0.4) is 0 Å². The molecule has 0 aliphatic rings. The quantitative estimate of drug-likeness (QED) is 0.745. The summed E-state index contributed by atoms with van der Waals surface area (Å²) in [6, 6.07) is 10.7. The molecule has 2 rings (SSSR count). The number of aromatic nitrogens is 1. The molecule has 0 amide bonds. The number of nitrogens with zero attached hydrogens (tertiary/aromatic N) is 2. The van der Waals surface area contributed by atoms with Crippen LogP contribution in [0.2, 0.25) is 0 Å². The van der Waals surface area contributed by atoms with E-state index in [-0.39, 0.29) is 5.78 Å². The van der Waals surface area contributed by atoms with Crippen molar-refractivity contribution in [3.05, 3.63) is 64.1 Å². The van der Waals surface area contributed by atoms with Gasteiger partial charge in [-0.25, -0.2) is 4.39 Å². The standard InChI is InChI=1S/C16H16BrFN2O/c1-20(11-12-4-2-3-5-14(12)17)9-8-16(21)15-7-6-13(18)10-19-15/h2-7,10H,8-9,11H2,1H3. The van der Waals surface area contributed by atoms with Crippen molar-refractivity contribution in [2.75, 3.05) is 13.6 Å². The highest BCUT2D eigenvalue weighted by atomic mass is 79.9. The minimum atomic E-state index is -0.433.